The lowest BCUT2D eigenvalue weighted by Crippen LogP contribution is -2.37. The molecule has 5 heteroatoms. The summed E-state index contributed by atoms with van der Waals surface area (Å²) in [6, 6.07) is 4.22. The fourth-order valence-corrected chi connectivity index (χ4v) is 1.85. The molecular formula is C16H24FNO3. The minimum atomic E-state index is -0.765. The largest absolute Gasteiger partial charge is 0.478 e. The number of unbranched alkanes of at least 4 members (excludes halogenated alkanes) is 2. The van der Waals surface area contributed by atoms with Gasteiger partial charge in [-0.05, 0) is 38.0 Å². The number of rotatable bonds is 8. The first-order valence-corrected chi connectivity index (χ1v) is 7.37. The zero-order chi connectivity index (χ0) is 15.8. The molecular weight excluding hydrogens is 273 g/mol. The van der Waals surface area contributed by atoms with E-state index in [9.17, 15) is 14.3 Å². The number of amides is 1. The zero-order valence-electron chi connectivity index (χ0n) is 12.9. The highest BCUT2D eigenvalue weighted by molar-refractivity contribution is 5.80. The Morgan fingerprint density at radius 2 is 2.10 bits per heavy atom. The molecule has 0 fully saturated rings. The number of hydrogen-bond donors (Lipinski definition) is 2. The molecule has 0 bridgehead atoms. The second-order valence-electron chi connectivity index (χ2n) is 5.12. The van der Waals surface area contributed by atoms with Crippen LogP contribution in [0, 0.1) is 5.82 Å². The predicted molar refractivity (Wildman–Crippen MR) is 79.7 cm³/mol. The van der Waals surface area contributed by atoms with Gasteiger partial charge in [-0.2, -0.15) is 0 Å². The molecule has 0 heterocycles. The molecule has 21 heavy (non-hydrogen) atoms. The van der Waals surface area contributed by atoms with Crippen LogP contribution < -0.4 is 10.1 Å². The molecule has 1 amide bonds. The molecule has 0 aliphatic heterocycles. The van der Waals surface area contributed by atoms with Gasteiger partial charge >= 0.3 is 0 Å². The summed E-state index contributed by atoms with van der Waals surface area (Å²) in [4.78, 5) is 11.8. The maximum atomic E-state index is 13.8. The molecule has 0 spiro atoms. The minimum absolute atomic E-state index is 0.00982. The third kappa shape index (κ3) is 5.71. The highest BCUT2D eigenvalue weighted by Crippen LogP contribution is 2.22. The van der Waals surface area contributed by atoms with E-state index in [1.807, 2.05) is 0 Å². The number of hydrogen-bond acceptors (Lipinski definition) is 3. The van der Waals surface area contributed by atoms with Gasteiger partial charge in [0.2, 0.25) is 0 Å². The number of aliphatic hydroxyl groups excluding tert-OH is 1. The minimum Gasteiger partial charge on any atom is -0.478 e. The number of benzene rings is 1. The highest BCUT2D eigenvalue weighted by atomic mass is 19.1. The number of halogens is 1. The number of aliphatic hydroxyl groups is 1. The maximum absolute atomic E-state index is 13.8. The van der Waals surface area contributed by atoms with Crippen LogP contribution in [0.25, 0.3) is 0 Å². The maximum Gasteiger partial charge on any atom is 0.260 e. The predicted octanol–water partition coefficient (Wildman–Crippen LogP) is 2.95. The first-order valence-electron chi connectivity index (χ1n) is 7.37. The van der Waals surface area contributed by atoms with Crippen LogP contribution in [0.1, 0.15) is 51.7 Å². The van der Waals surface area contributed by atoms with Gasteiger partial charge in [0.15, 0.2) is 17.7 Å². The van der Waals surface area contributed by atoms with Gasteiger partial charge in [-0.3, -0.25) is 4.79 Å². The van der Waals surface area contributed by atoms with Gasteiger partial charge in [0.1, 0.15) is 0 Å². The van der Waals surface area contributed by atoms with Crippen LogP contribution in [0.4, 0.5) is 4.39 Å². The van der Waals surface area contributed by atoms with Crippen molar-refractivity contribution in [2.45, 2.75) is 52.2 Å². The van der Waals surface area contributed by atoms with Crippen molar-refractivity contribution in [1.29, 1.82) is 0 Å². The molecule has 0 radical (unpaired) electrons. The van der Waals surface area contributed by atoms with E-state index < -0.39 is 18.0 Å². The Morgan fingerprint density at radius 1 is 1.38 bits per heavy atom. The summed E-state index contributed by atoms with van der Waals surface area (Å²) < 4.78 is 19.1. The van der Waals surface area contributed by atoms with E-state index in [-0.39, 0.29) is 11.7 Å². The lowest BCUT2D eigenvalue weighted by molar-refractivity contribution is -0.127. The quantitative estimate of drug-likeness (QED) is 0.725. The molecule has 0 aliphatic rings. The summed E-state index contributed by atoms with van der Waals surface area (Å²) in [5.74, 6) is -0.834. The van der Waals surface area contributed by atoms with Gasteiger partial charge in [-0.25, -0.2) is 4.39 Å². The number of carbonyl (C=O) groups is 1. The third-order valence-corrected chi connectivity index (χ3v) is 3.19. The van der Waals surface area contributed by atoms with E-state index in [1.54, 1.807) is 19.9 Å². The highest BCUT2D eigenvalue weighted by Gasteiger charge is 2.16. The van der Waals surface area contributed by atoms with Crippen LogP contribution in [0.2, 0.25) is 0 Å². The van der Waals surface area contributed by atoms with Gasteiger partial charge in [0.05, 0.1) is 6.10 Å². The van der Waals surface area contributed by atoms with Crippen LogP contribution in [-0.4, -0.2) is 23.7 Å². The number of carbonyl (C=O) groups excluding carboxylic acids is 1. The monoisotopic (exact) mass is 297 g/mol. The van der Waals surface area contributed by atoms with E-state index in [4.69, 9.17) is 4.74 Å². The summed E-state index contributed by atoms with van der Waals surface area (Å²) in [5, 5.41) is 12.1. The molecule has 1 aromatic rings. The molecule has 0 saturated carbocycles. The number of ether oxygens (including phenoxy) is 1. The van der Waals surface area contributed by atoms with Crippen LogP contribution in [0.15, 0.2) is 18.2 Å². The van der Waals surface area contributed by atoms with Crippen LogP contribution in [0.5, 0.6) is 5.75 Å². The van der Waals surface area contributed by atoms with Gasteiger partial charge in [0.25, 0.3) is 5.91 Å². The van der Waals surface area contributed by atoms with Crippen molar-refractivity contribution in [2.24, 2.45) is 0 Å². The lowest BCUT2D eigenvalue weighted by atomic mass is 10.1. The Bertz CT molecular complexity index is 463. The SMILES string of the molecule is CCCCCNC(=O)C(C)Oc1ccc([C@@H](C)O)cc1F. The van der Waals surface area contributed by atoms with Crippen LogP contribution in [-0.2, 0) is 4.79 Å². The molecule has 1 unspecified atom stereocenters. The second-order valence-corrected chi connectivity index (χ2v) is 5.12. The number of nitrogens with one attached hydrogen (secondary N) is 1. The summed E-state index contributed by atoms with van der Waals surface area (Å²) in [6.45, 7) is 5.83. The molecule has 2 atom stereocenters. The average Bonchev–Trinajstić information content (AvgIpc) is 2.45. The first kappa shape index (κ1) is 17.4. The standard InChI is InChI=1S/C16H24FNO3/c1-4-5-6-9-18-16(20)12(3)21-15-8-7-13(11(2)19)10-14(15)17/h7-8,10-12,19H,4-6,9H2,1-3H3,(H,18,20)/t11-,12?/m1/s1. The molecule has 0 aliphatic carbocycles. The van der Waals surface area contributed by atoms with Crippen molar-refractivity contribution in [3.8, 4) is 5.75 Å². The van der Waals surface area contributed by atoms with E-state index in [0.717, 1.165) is 19.3 Å². The molecule has 0 saturated heterocycles. The fraction of sp³-hybridized carbons (Fsp3) is 0.562. The van der Waals surface area contributed by atoms with E-state index in [1.165, 1.54) is 12.1 Å². The Labute approximate surface area is 125 Å². The Hall–Kier alpha value is -1.62. The second kappa shape index (κ2) is 8.62. The molecule has 1 rings (SSSR count). The van der Waals surface area contributed by atoms with E-state index >= 15 is 0 Å². The topological polar surface area (TPSA) is 58.6 Å². The van der Waals surface area contributed by atoms with Gasteiger partial charge in [-0.1, -0.05) is 25.8 Å². The Morgan fingerprint density at radius 3 is 2.67 bits per heavy atom. The lowest BCUT2D eigenvalue weighted by Gasteiger charge is -2.16. The molecule has 2 N–H and O–H groups in total. The summed E-state index contributed by atoms with van der Waals surface area (Å²) >= 11 is 0. The van der Waals surface area contributed by atoms with Gasteiger partial charge in [0, 0.05) is 6.54 Å². The Kier molecular flexibility index (Phi) is 7.15. The summed E-state index contributed by atoms with van der Waals surface area (Å²) in [7, 11) is 0. The van der Waals surface area contributed by atoms with Crippen molar-refractivity contribution >= 4 is 5.91 Å². The smallest absolute Gasteiger partial charge is 0.260 e. The fourth-order valence-electron chi connectivity index (χ4n) is 1.85. The van der Waals surface area contributed by atoms with Gasteiger partial charge < -0.3 is 15.2 Å². The van der Waals surface area contributed by atoms with Crippen LogP contribution >= 0.6 is 0 Å². The van der Waals surface area contributed by atoms with E-state index in [2.05, 4.69) is 12.2 Å². The van der Waals surface area contributed by atoms with Crippen molar-refractivity contribution in [2.75, 3.05) is 6.54 Å². The van der Waals surface area contributed by atoms with Crippen molar-refractivity contribution in [1.82, 2.24) is 5.32 Å². The van der Waals surface area contributed by atoms with E-state index in [0.29, 0.717) is 12.1 Å². The Balaban J connectivity index is 2.54. The molecule has 0 aromatic heterocycles. The van der Waals surface area contributed by atoms with Crippen LogP contribution in [0.3, 0.4) is 0 Å². The van der Waals surface area contributed by atoms with Gasteiger partial charge in [-0.15, -0.1) is 0 Å². The van der Waals surface area contributed by atoms with Crippen molar-refractivity contribution < 1.29 is 19.0 Å². The van der Waals surface area contributed by atoms with Crippen molar-refractivity contribution in [3.05, 3.63) is 29.6 Å². The average molecular weight is 297 g/mol. The zero-order valence-corrected chi connectivity index (χ0v) is 12.9. The third-order valence-electron chi connectivity index (χ3n) is 3.19. The molecule has 118 valence electrons. The summed E-state index contributed by atoms with van der Waals surface area (Å²) in [6.07, 6.45) is 1.56. The molecule has 4 nitrogen and oxygen atoms in total. The summed E-state index contributed by atoms with van der Waals surface area (Å²) in [5.41, 5.74) is 0.469. The first-order chi connectivity index (χ1) is 9.95. The molecule has 1 aromatic carbocycles. The normalized spacial score (nSPS) is 13.6. The van der Waals surface area contributed by atoms with Crippen molar-refractivity contribution in [3.63, 3.8) is 0 Å².